The minimum absolute atomic E-state index is 0. The maximum atomic E-state index is 8.55. The van der Waals surface area contributed by atoms with E-state index in [-0.39, 0.29) is 36.2 Å². The fraction of sp³-hybridized carbons (Fsp3) is 0.600. The molecular weight excluding hydrogens is 159 g/mol. The van der Waals surface area contributed by atoms with Gasteiger partial charge in [0.2, 0.25) is 0 Å². The summed E-state index contributed by atoms with van der Waals surface area (Å²) in [4.78, 5) is 0. The normalized spacial score (nSPS) is 10.5. The molecule has 0 aromatic heterocycles. The molecule has 0 spiro atoms. The van der Waals surface area contributed by atoms with Gasteiger partial charge in [0, 0.05) is 29.6 Å². The van der Waals surface area contributed by atoms with E-state index in [2.05, 4.69) is 26.8 Å². The van der Waals surface area contributed by atoms with Gasteiger partial charge < -0.3 is 5.11 Å². The molecule has 0 heterocycles. The van der Waals surface area contributed by atoms with Crippen LogP contribution in [0.1, 0.15) is 33.6 Å². The Kier molecular flexibility index (Phi) is 11.9. The molecule has 0 bridgehead atoms. The molecule has 0 amide bonds. The van der Waals surface area contributed by atoms with E-state index in [1.165, 1.54) is 11.1 Å². The van der Waals surface area contributed by atoms with Gasteiger partial charge in [0.25, 0.3) is 0 Å². The van der Waals surface area contributed by atoms with Crippen LogP contribution in [0.2, 0.25) is 0 Å². The topological polar surface area (TPSA) is 20.2 Å². The van der Waals surface area contributed by atoms with Gasteiger partial charge in [0.1, 0.15) is 0 Å². The van der Waals surface area contributed by atoms with Crippen molar-refractivity contribution in [2.75, 3.05) is 6.61 Å². The Labute approximate surface area is 97.9 Å². The maximum Gasteiger partial charge on any atom is 0.0614 e. The van der Waals surface area contributed by atoms with Gasteiger partial charge in [-0.3, -0.25) is 0 Å². The van der Waals surface area contributed by atoms with Crippen LogP contribution in [0.5, 0.6) is 0 Å². The first kappa shape index (κ1) is 14.9. The summed E-state index contributed by atoms with van der Waals surface area (Å²) in [5.41, 5.74) is 2.63. The quantitative estimate of drug-likeness (QED) is 0.516. The number of allylic oxidation sites excluding steroid dienone is 3. The largest absolute Gasteiger partial charge is 0.392 e. The minimum atomic E-state index is 0. The molecule has 1 radical (unpaired) electrons. The van der Waals surface area contributed by atoms with Gasteiger partial charge in [0.15, 0.2) is 0 Å². The van der Waals surface area contributed by atoms with E-state index in [1.54, 1.807) is 0 Å². The minimum Gasteiger partial charge on any atom is -0.392 e. The van der Waals surface area contributed by atoms with Crippen LogP contribution in [-0.4, -0.2) is 41.3 Å². The molecular formula is C10H18NaO. The van der Waals surface area contributed by atoms with E-state index in [0.717, 1.165) is 12.8 Å². The second kappa shape index (κ2) is 9.53. The van der Waals surface area contributed by atoms with Gasteiger partial charge in [0.05, 0.1) is 6.61 Å². The van der Waals surface area contributed by atoms with Crippen molar-refractivity contribution in [2.45, 2.75) is 33.6 Å². The molecule has 0 aliphatic heterocycles. The van der Waals surface area contributed by atoms with E-state index in [1.807, 2.05) is 6.08 Å². The summed E-state index contributed by atoms with van der Waals surface area (Å²) in [6, 6.07) is 0. The molecule has 0 aliphatic carbocycles. The summed E-state index contributed by atoms with van der Waals surface area (Å²) < 4.78 is 0. The molecule has 0 saturated heterocycles. The molecule has 0 atom stereocenters. The second-order valence-electron chi connectivity index (χ2n) is 3.05. The molecule has 0 aromatic rings. The third kappa shape index (κ3) is 10.4. The Balaban J connectivity index is 0. The van der Waals surface area contributed by atoms with Gasteiger partial charge in [-0.15, -0.1) is 0 Å². The Morgan fingerprint density at radius 2 is 1.75 bits per heavy atom. The molecule has 0 saturated carbocycles. The first-order valence-corrected chi connectivity index (χ1v) is 4.06. The molecule has 2 heteroatoms. The summed E-state index contributed by atoms with van der Waals surface area (Å²) in [6.45, 7) is 6.42. The fourth-order valence-electron chi connectivity index (χ4n) is 0.846. The van der Waals surface area contributed by atoms with Crippen LogP contribution < -0.4 is 0 Å². The number of aliphatic hydroxyl groups is 1. The van der Waals surface area contributed by atoms with E-state index >= 15 is 0 Å². The zero-order valence-corrected chi connectivity index (χ0v) is 10.7. The molecule has 0 fully saturated rings. The zero-order valence-electron chi connectivity index (χ0n) is 8.72. The van der Waals surface area contributed by atoms with Crippen molar-refractivity contribution in [2.24, 2.45) is 0 Å². The van der Waals surface area contributed by atoms with E-state index in [0.29, 0.717) is 0 Å². The fourth-order valence-corrected chi connectivity index (χ4v) is 0.846. The maximum absolute atomic E-state index is 8.55. The van der Waals surface area contributed by atoms with Gasteiger partial charge in [-0.1, -0.05) is 23.3 Å². The van der Waals surface area contributed by atoms with E-state index in [4.69, 9.17) is 5.11 Å². The third-order valence-electron chi connectivity index (χ3n) is 1.53. The van der Waals surface area contributed by atoms with Gasteiger partial charge in [-0.05, 0) is 33.6 Å². The molecule has 1 nitrogen and oxygen atoms in total. The monoisotopic (exact) mass is 177 g/mol. The van der Waals surface area contributed by atoms with Crippen molar-refractivity contribution in [1.82, 2.24) is 0 Å². The third-order valence-corrected chi connectivity index (χ3v) is 1.53. The SMILES string of the molecule is CC(C)=CCC/C(C)=C/CO.[Na]. The standard InChI is InChI=1S/C10H18O.Na/c1-9(2)5-4-6-10(3)7-8-11;/h5,7,11H,4,6,8H2,1-3H3;/b10-7+;. The molecule has 65 valence electrons. The molecule has 0 unspecified atom stereocenters. The Morgan fingerprint density at radius 3 is 2.17 bits per heavy atom. The van der Waals surface area contributed by atoms with Crippen LogP contribution in [0.15, 0.2) is 23.3 Å². The van der Waals surface area contributed by atoms with Gasteiger partial charge >= 0.3 is 0 Å². The predicted molar refractivity (Wildman–Crippen MR) is 55.3 cm³/mol. The molecule has 1 N–H and O–H groups in total. The second-order valence-corrected chi connectivity index (χ2v) is 3.05. The van der Waals surface area contributed by atoms with Gasteiger partial charge in [-0.2, -0.15) is 0 Å². The van der Waals surface area contributed by atoms with E-state index < -0.39 is 0 Å². The van der Waals surface area contributed by atoms with E-state index in [9.17, 15) is 0 Å². The van der Waals surface area contributed by atoms with Crippen LogP contribution in [0.3, 0.4) is 0 Å². The van der Waals surface area contributed by atoms with Crippen LogP contribution in [0.4, 0.5) is 0 Å². The van der Waals surface area contributed by atoms with Crippen LogP contribution in [0, 0.1) is 0 Å². The number of hydrogen-bond donors (Lipinski definition) is 1. The van der Waals surface area contributed by atoms with Crippen LogP contribution in [0.25, 0.3) is 0 Å². The van der Waals surface area contributed by atoms with Crippen molar-refractivity contribution in [1.29, 1.82) is 0 Å². The Hall–Kier alpha value is 0.440. The average molecular weight is 177 g/mol. The average Bonchev–Trinajstić information content (AvgIpc) is 1.87. The zero-order chi connectivity index (χ0) is 8.69. The van der Waals surface area contributed by atoms with Crippen molar-refractivity contribution in [3.8, 4) is 0 Å². The van der Waals surface area contributed by atoms with Crippen molar-refractivity contribution in [3.63, 3.8) is 0 Å². The number of hydrogen-bond acceptors (Lipinski definition) is 1. The Morgan fingerprint density at radius 1 is 1.17 bits per heavy atom. The smallest absolute Gasteiger partial charge is 0.0614 e. The molecule has 0 aromatic carbocycles. The number of aliphatic hydroxyl groups excluding tert-OH is 1. The first-order valence-electron chi connectivity index (χ1n) is 4.06. The summed E-state index contributed by atoms with van der Waals surface area (Å²) in [5, 5.41) is 8.55. The summed E-state index contributed by atoms with van der Waals surface area (Å²) in [6.07, 6.45) is 6.23. The summed E-state index contributed by atoms with van der Waals surface area (Å²) >= 11 is 0. The predicted octanol–water partition coefficient (Wildman–Crippen LogP) is 2.29. The van der Waals surface area contributed by atoms with Gasteiger partial charge in [-0.25, -0.2) is 0 Å². The van der Waals surface area contributed by atoms with Crippen molar-refractivity contribution >= 4 is 29.6 Å². The van der Waals surface area contributed by atoms with Crippen LogP contribution >= 0.6 is 0 Å². The molecule has 0 aliphatic rings. The van der Waals surface area contributed by atoms with Crippen LogP contribution in [-0.2, 0) is 0 Å². The molecule has 12 heavy (non-hydrogen) atoms. The molecule has 0 rings (SSSR count). The Bertz CT molecular complexity index is 155. The van der Waals surface area contributed by atoms with Crippen molar-refractivity contribution in [3.05, 3.63) is 23.3 Å². The first-order chi connectivity index (χ1) is 5.16. The summed E-state index contributed by atoms with van der Waals surface area (Å²) in [7, 11) is 0. The number of rotatable bonds is 4. The summed E-state index contributed by atoms with van der Waals surface area (Å²) in [5.74, 6) is 0. The van der Waals surface area contributed by atoms with Crippen molar-refractivity contribution < 1.29 is 5.11 Å².